The maximum atomic E-state index is 13.1. The van der Waals surface area contributed by atoms with E-state index < -0.39 is 11.7 Å². The maximum Gasteiger partial charge on any atom is 0.416 e. The average Bonchev–Trinajstić information content (AvgIpc) is 3.57. The van der Waals surface area contributed by atoms with Gasteiger partial charge in [-0.15, -0.1) is 11.3 Å². The Morgan fingerprint density at radius 2 is 1.77 bits per heavy atom. The van der Waals surface area contributed by atoms with E-state index in [1.807, 2.05) is 9.80 Å². The van der Waals surface area contributed by atoms with Gasteiger partial charge in [0.05, 0.1) is 17.6 Å². The van der Waals surface area contributed by atoms with Crippen molar-refractivity contribution in [3.8, 4) is 0 Å². The second-order valence-corrected chi connectivity index (χ2v) is 10.7. The summed E-state index contributed by atoms with van der Waals surface area (Å²) in [5.74, 6) is -0.0834. The van der Waals surface area contributed by atoms with Gasteiger partial charge in [-0.05, 0) is 35.9 Å². The van der Waals surface area contributed by atoms with E-state index >= 15 is 0 Å². The van der Waals surface area contributed by atoms with Gasteiger partial charge in [-0.1, -0.05) is 12.1 Å². The van der Waals surface area contributed by atoms with Crippen LogP contribution in [0.25, 0.3) is 10.9 Å². The molecule has 2 aromatic heterocycles. The van der Waals surface area contributed by atoms with Crippen LogP contribution in [-0.4, -0.2) is 86.6 Å². The normalized spacial score (nSPS) is 17.0. The van der Waals surface area contributed by atoms with Crippen LogP contribution in [-0.2, 0) is 12.7 Å². The largest absolute Gasteiger partial charge is 0.416 e. The first-order chi connectivity index (χ1) is 18.7. The molecule has 2 fully saturated rings. The highest BCUT2D eigenvalue weighted by Gasteiger charge is 2.37. The Labute approximate surface area is 226 Å². The number of hydrogen-bond acceptors (Lipinski definition) is 6. The second kappa shape index (κ2) is 10.1. The number of hydrogen-bond donors (Lipinski definition) is 0. The summed E-state index contributed by atoms with van der Waals surface area (Å²) >= 11 is 1.35. The van der Waals surface area contributed by atoms with Crippen molar-refractivity contribution in [1.29, 1.82) is 0 Å². The zero-order valence-electron chi connectivity index (χ0n) is 20.8. The van der Waals surface area contributed by atoms with Gasteiger partial charge < -0.3 is 9.80 Å². The van der Waals surface area contributed by atoms with Crippen LogP contribution in [0.1, 0.15) is 31.3 Å². The third-order valence-electron chi connectivity index (χ3n) is 7.28. The fourth-order valence-electron chi connectivity index (χ4n) is 5.11. The van der Waals surface area contributed by atoms with Gasteiger partial charge in [0.15, 0.2) is 5.01 Å². The molecule has 0 N–H and O–H groups in total. The number of aromatic nitrogens is 3. The van der Waals surface area contributed by atoms with Crippen LogP contribution in [0.4, 0.5) is 13.2 Å². The van der Waals surface area contributed by atoms with Gasteiger partial charge in [-0.2, -0.15) is 18.3 Å². The Morgan fingerprint density at radius 3 is 2.49 bits per heavy atom. The number of carbonyl (C=O) groups excluding carboxylic acids is 2. The molecule has 0 saturated carbocycles. The number of thiazole rings is 1. The first-order valence-electron chi connectivity index (χ1n) is 12.6. The number of piperazine rings is 1. The van der Waals surface area contributed by atoms with Crippen LogP contribution in [0.15, 0.2) is 60.2 Å². The van der Waals surface area contributed by atoms with Gasteiger partial charge in [0.2, 0.25) is 0 Å². The van der Waals surface area contributed by atoms with Gasteiger partial charge >= 0.3 is 6.18 Å². The summed E-state index contributed by atoms with van der Waals surface area (Å²) in [6.45, 7) is 4.27. The monoisotopic (exact) mass is 554 g/mol. The van der Waals surface area contributed by atoms with Gasteiger partial charge in [0, 0.05) is 74.0 Å². The molecule has 12 heteroatoms. The lowest BCUT2D eigenvalue weighted by Gasteiger charge is -2.48. The smallest absolute Gasteiger partial charge is 0.335 e. The Balaban J connectivity index is 1.04. The predicted octanol–water partition coefficient (Wildman–Crippen LogP) is 3.84. The van der Waals surface area contributed by atoms with E-state index in [2.05, 4.69) is 15.0 Å². The molecule has 2 aliphatic heterocycles. The predicted molar refractivity (Wildman–Crippen MR) is 140 cm³/mol. The lowest BCUT2D eigenvalue weighted by molar-refractivity contribution is -0.137. The molecule has 6 rings (SSSR count). The van der Waals surface area contributed by atoms with E-state index in [1.54, 1.807) is 46.7 Å². The third-order valence-corrected chi connectivity index (χ3v) is 8.04. The fourth-order valence-corrected chi connectivity index (χ4v) is 5.72. The number of nitrogens with zero attached hydrogens (tertiary/aromatic N) is 6. The minimum Gasteiger partial charge on any atom is -0.335 e. The van der Waals surface area contributed by atoms with Crippen LogP contribution >= 0.6 is 11.3 Å². The molecule has 2 saturated heterocycles. The summed E-state index contributed by atoms with van der Waals surface area (Å²) in [6.07, 6.45) is -1.01. The third kappa shape index (κ3) is 5.26. The molecule has 4 aromatic rings. The Hall–Kier alpha value is -3.77. The fraction of sp³-hybridized carbons (Fsp3) is 0.333. The number of benzene rings is 2. The topological polar surface area (TPSA) is 74.6 Å². The SMILES string of the molecule is O=C(c1ccc2nn(Cc3cccc(C(F)(F)F)c3)cc2c1)N1CC(N2CCN(C(=O)c3nccs3)CC2)C1. The van der Waals surface area contributed by atoms with Gasteiger partial charge in [-0.3, -0.25) is 19.2 Å². The summed E-state index contributed by atoms with van der Waals surface area (Å²) in [6, 6.07) is 10.8. The van der Waals surface area contributed by atoms with Crippen molar-refractivity contribution in [3.05, 3.63) is 81.9 Å². The van der Waals surface area contributed by atoms with Crippen molar-refractivity contribution in [2.45, 2.75) is 18.8 Å². The average molecular weight is 555 g/mol. The van der Waals surface area contributed by atoms with Crippen LogP contribution in [0.3, 0.4) is 0 Å². The van der Waals surface area contributed by atoms with Gasteiger partial charge in [-0.25, -0.2) is 4.98 Å². The summed E-state index contributed by atoms with van der Waals surface area (Å²) < 4.78 is 40.7. The number of halogens is 3. The van der Waals surface area contributed by atoms with E-state index in [9.17, 15) is 22.8 Å². The zero-order valence-corrected chi connectivity index (χ0v) is 21.7. The lowest BCUT2D eigenvalue weighted by Crippen LogP contribution is -2.64. The Kier molecular flexibility index (Phi) is 6.59. The molecule has 4 heterocycles. The lowest BCUT2D eigenvalue weighted by atomic mass is 10.0. The van der Waals surface area contributed by atoms with Crippen LogP contribution in [0.2, 0.25) is 0 Å². The van der Waals surface area contributed by atoms with Crippen molar-refractivity contribution in [2.24, 2.45) is 0 Å². The van der Waals surface area contributed by atoms with Crippen LogP contribution in [0, 0.1) is 0 Å². The van der Waals surface area contributed by atoms with Crippen molar-refractivity contribution in [1.82, 2.24) is 29.5 Å². The summed E-state index contributed by atoms with van der Waals surface area (Å²) in [4.78, 5) is 35.7. The van der Waals surface area contributed by atoms with E-state index in [-0.39, 0.29) is 24.4 Å². The molecule has 2 amide bonds. The molecular weight excluding hydrogens is 529 g/mol. The quantitative estimate of drug-likeness (QED) is 0.375. The molecule has 2 aliphatic rings. The van der Waals surface area contributed by atoms with E-state index in [1.165, 1.54) is 17.4 Å². The number of alkyl halides is 3. The van der Waals surface area contributed by atoms with Gasteiger partial charge in [0.1, 0.15) is 0 Å². The number of rotatable bonds is 5. The zero-order chi connectivity index (χ0) is 27.1. The van der Waals surface area contributed by atoms with E-state index in [4.69, 9.17) is 0 Å². The molecular formula is C27H25F3N6O2S. The summed E-state index contributed by atoms with van der Waals surface area (Å²) in [5, 5.41) is 7.53. The summed E-state index contributed by atoms with van der Waals surface area (Å²) in [5.41, 5.74) is 1.03. The first-order valence-corrected chi connectivity index (χ1v) is 13.5. The molecule has 0 unspecified atom stereocenters. The minimum absolute atomic E-state index is 0.0244. The minimum atomic E-state index is -4.40. The standard InChI is InChI=1S/C27H25F3N6O2S/c28-27(29,30)21-3-1-2-18(12-21)14-36-15-20-13-19(4-5-23(20)32-36)25(37)35-16-22(17-35)33-7-9-34(10-8-33)26(38)24-31-6-11-39-24/h1-6,11-13,15,22H,7-10,14,16-17H2. The van der Waals surface area contributed by atoms with E-state index in [0.29, 0.717) is 47.8 Å². The van der Waals surface area contributed by atoms with Gasteiger partial charge in [0.25, 0.3) is 11.8 Å². The highest BCUT2D eigenvalue weighted by atomic mass is 32.1. The molecule has 0 aliphatic carbocycles. The Morgan fingerprint density at radius 1 is 0.974 bits per heavy atom. The van der Waals surface area contributed by atoms with Crippen LogP contribution in [0.5, 0.6) is 0 Å². The van der Waals surface area contributed by atoms with Crippen LogP contribution < -0.4 is 0 Å². The molecule has 0 radical (unpaired) electrons. The number of carbonyl (C=O) groups is 2. The highest BCUT2D eigenvalue weighted by Crippen LogP contribution is 2.30. The maximum absolute atomic E-state index is 13.1. The molecule has 39 heavy (non-hydrogen) atoms. The number of likely N-dealkylation sites (tertiary alicyclic amines) is 1. The molecule has 2 aromatic carbocycles. The van der Waals surface area contributed by atoms with E-state index in [0.717, 1.165) is 30.6 Å². The molecule has 0 bridgehead atoms. The Bertz CT molecular complexity index is 1510. The molecule has 202 valence electrons. The van der Waals surface area contributed by atoms with Crippen molar-refractivity contribution in [2.75, 3.05) is 39.3 Å². The van der Waals surface area contributed by atoms with Crippen molar-refractivity contribution >= 4 is 34.1 Å². The number of amides is 2. The molecule has 0 atom stereocenters. The highest BCUT2D eigenvalue weighted by molar-refractivity contribution is 7.11. The van der Waals surface area contributed by atoms with Crippen molar-refractivity contribution < 1.29 is 22.8 Å². The first kappa shape index (κ1) is 25.5. The van der Waals surface area contributed by atoms with Crippen molar-refractivity contribution in [3.63, 3.8) is 0 Å². The molecule has 8 nitrogen and oxygen atoms in total. The summed E-state index contributed by atoms with van der Waals surface area (Å²) in [7, 11) is 0. The number of fused-ring (bicyclic) bond motifs is 1. The second-order valence-electron chi connectivity index (χ2n) is 9.83. The molecule has 0 spiro atoms.